The monoisotopic (exact) mass is 236 g/mol. The highest BCUT2D eigenvalue weighted by Gasteiger charge is 2.28. The van der Waals surface area contributed by atoms with Gasteiger partial charge in [-0.1, -0.05) is 0 Å². The predicted molar refractivity (Wildman–Crippen MR) is 51.3 cm³/mol. The third kappa shape index (κ3) is 4.90. The zero-order valence-corrected chi connectivity index (χ0v) is 8.66. The van der Waals surface area contributed by atoms with Gasteiger partial charge in [-0.2, -0.15) is 0 Å². The second-order valence-electron chi connectivity index (χ2n) is 3.79. The van der Waals surface area contributed by atoms with Gasteiger partial charge in [0.1, 0.15) is 6.54 Å². The molecule has 1 saturated carbocycles. The quantitative estimate of drug-likeness (QED) is 0.715. The molecule has 7 heteroatoms. The average Bonchev–Trinajstić information content (AvgIpc) is 2.96. The molecule has 0 unspecified atom stereocenters. The zero-order valence-electron chi connectivity index (χ0n) is 8.66. The second kappa shape index (κ2) is 5.62. The molecule has 0 bridgehead atoms. The van der Waals surface area contributed by atoms with Crippen LogP contribution in [0.4, 0.5) is 13.6 Å². The fraction of sp³-hybridized carbons (Fsp3) is 0.778. The Hall–Kier alpha value is -1.40. The molecule has 1 aliphatic rings. The van der Waals surface area contributed by atoms with Crippen LogP contribution in [0.3, 0.4) is 0 Å². The molecule has 1 rings (SSSR count). The van der Waals surface area contributed by atoms with Crippen molar-refractivity contribution in [1.82, 2.24) is 10.2 Å². The van der Waals surface area contributed by atoms with Crippen molar-refractivity contribution < 1.29 is 23.5 Å². The lowest BCUT2D eigenvalue weighted by Gasteiger charge is -2.20. The van der Waals surface area contributed by atoms with Crippen LogP contribution in [-0.4, -0.2) is 48.1 Å². The van der Waals surface area contributed by atoms with Crippen molar-refractivity contribution in [3.8, 4) is 0 Å². The first-order valence-corrected chi connectivity index (χ1v) is 5.01. The summed E-state index contributed by atoms with van der Waals surface area (Å²) in [4.78, 5) is 22.9. The van der Waals surface area contributed by atoms with Crippen molar-refractivity contribution in [3.05, 3.63) is 0 Å². The van der Waals surface area contributed by atoms with E-state index in [-0.39, 0.29) is 0 Å². The van der Waals surface area contributed by atoms with E-state index in [0.29, 0.717) is 12.5 Å². The minimum Gasteiger partial charge on any atom is -0.480 e. The number of carboxylic acids is 1. The summed E-state index contributed by atoms with van der Waals surface area (Å²) in [6, 6.07) is -0.741. The summed E-state index contributed by atoms with van der Waals surface area (Å²) in [7, 11) is 0. The van der Waals surface area contributed by atoms with Crippen molar-refractivity contribution in [3.63, 3.8) is 0 Å². The van der Waals surface area contributed by atoms with Crippen LogP contribution in [0.25, 0.3) is 0 Å². The van der Waals surface area contributed by atoms with Crippen molar-refractivity contribution in [2.45, 2.75) is 19.3 Å². The third-order valence-electron chi connectivity index (χ3n) is 2.20. The van der Waals surface area contributed by atoms with E-state index in [1.807, 2.05) is 5.32 Å². The molecule has 2 amide bonds. The van der Waals surface area contributed by atoms with Gasteiger partial charge in [0, 0.05) is 6.54 Å². The summed E-state index contributed by atoms with van der Waals surface area (Å²) < 4.78 is 23.7. The number of rotatable bonds is 6. The summed E-state index contributed by atoms with van der Waals surface area (Å²) in [5, 5.41) is 10.6. The molecule has 0 aromatic carbocycles. The van der Waals surface area contributed by atoms with E-state index in [2.05, 4.69) is 0 Å². The molecule has 16 heavy (non-hydrogen) atoms. The lowest BCUT2D eigenvalue weighted by Crippen LogP contribution is -2.45. The molecule has 0 aromatic heterocycles. The standard InChI is InChI=1S/C9H14F2N2O3/c10-7(11)3-12-9(16)13(5-8(14)15)4-6-1-2-6/h6-7H,1-5H2,(H,12,16)(H,14,15). The van der Waals surface area contributed by atoms with Gasteiger partial charge in [0.15, 0.2) is 0 Å². The number of aliphatic carboxylic acids is 1. The van der Waals surface area contributed by atoms with E-state index in [1.165, 1.54) is 0 Å². The number of hydrogen-bond acceptors (Lipinski definition) is 2. The largest absolute Gasteiger partial charge is 0.480 e. The number of nitrogens with zero attached hydrogens (tertiary/aromatic N) is 1. The molecular formula is C9H14F2N2O3. The Morgan fingerprint density at radius 3 is 2.50 bits per heavy atom. The summed E-state index contributed by atoms with van der Waals surface area (Å²) in [5.74, 6) is -0.829. The van der Waals surface area contributed by atoms with Gasteiger partial charge in [0.25, 0.3) is 6.43 Å². The van der Waals surface area contributed by atoms with Crippen LogP contribution in [0.15, 0.2) is 0 Å². The van der Waals surface area contributed by atoms with E-state index < -0.39 is 31.5 Å². The van der Waals surface area contributed by atoms with Gasteiger partial charge in [0.2, 0.25) is 0 Å². The molecular weight excluding hydrogens is 222 g/mol. The third-order valence-corrected chi connectivity index (χ3v) is 2.20. The van der Waals surface area contributed by atoms with Gasteiger partial charge in [-0.05, 0) is 18.8 Å². The lowest BCUT2D eigenvalue weighted by molar-refractivity contribution is -0.137. The molecule has 1 fully saturated rings. The predicted octanol–water partition coefficient (Wildman–Crippen LogP) is 0.758. The van der Waals surface area contributed by atoms with Crippen molar-refractivity contribution in [2.24, 2.45) is 5.92 Å². The Kier molecular flexibility index (Phi) is 4.45. The minimum absolute atomic E-state index is 0.316. The zero-order chi connectivity index (χ0) is 12.1. The maximum atomic E-state index is 11.8. The molecule has 5 nitrogen and oxygen atoms in total. The maximum Gasteiger partial charge on any atom is 0.323 e. The number of halogens is 2. The number of urea groups is 1. The Morgan fingerprint density at radius 1 is 1.44 bits per heavy atom. The van der Waals surface area contributed by atoms with Gasteiger partial charge >= 0.3 is 12.0 Å². The van der Waals surface area contributed by atoms with Crippen LogP contribution in [0.2, 0.25) is 0 Å². The Labute approximate surface area is 91.4 Å². The number of nitrogens with one attached hydrogen (secondary N) is 1. The number of carbonyl (C=O) groups is 2. The van der Waals surface area contributed by atoms with Gasteiger partial charge in [-0.3, -0.25) is 4.79 Å². The Bertz CT molecular complexity index is 269. The molecule has 0 aromatic rings. The minimum atomic E-state index is -2.63. The van der Waals surface area contributed by atoms with Crippen LogP contribution in [0.1, 0.15) is 12.8 Å². The molecule has 0 aliphatic heterocycles. The smallest absolute Gasteiger partial charge is 0.323 e. The van der Waals surface area contributed by atoms with Crippen molar-refractivity contribution >= 4 is 12.0 Å². The SMILES string of the molecule is O=C(O)CN(CC1CC1)C(=O)NCC(F)F. The molecule has 0 radical (unpaired) electrons. The van der Waals surface area contributed by atoms with E-state index in [1.54, 1.807) is 0 Å². The highest BCUT2D eigenvalue weighted by atomic mass is 19.3. The lowest BCUT2D eigenvalue weighted by atomic mass is 10.3. The fourth-order valence-electron chi connectivity index (χ4n) is 1.27. The summed E-state index contributed by atoms with van der Waals surface area (Å²) >= 11 is 0. The maximum absolute atomic E-state index is 11.8. The van der Waals surface area contributed by atoms with Crippen molar-refractivity contribution in [1.29, 1.82) is 0 Å². The number of hydrogen-bond donors (Lipinski definition) is 2. The molecule has 92 valence electrons. The van der Waals surface area contributed by atoms with Crippen LogP contribution < -0.4 is 5.32 Å². The van der Waals surface area contributed by atoms with E-state index in [0.717, 1.165) is 17.7 Å². The molecule has 0 spiro atoms. The van der Waals surface area contributed by atoms with Crippen molar-refractivity contribution in [2.75, 3.05) is 19.6 Å². The van der Waals surface area contributed by atoms with Crippen LogP contribution in [0, 0.1) is 5.92 Å². The van der Waals surface area contributed by atoms with E-state index >= 15 is 0 Å². The summed E-state index contributed by atoms with van der Waals surface area (Å²) in [5.41, 5.74) is 0. The van der Waals surface area contributed by atoms with E-state index in [9.17, 15) is 18.4 Å². The second-order valence-corrected chi connectivity index (χ2v) is 3.79. The van der Waals surface area contributed by atoms with Gasteiger partial charge in [-0.25, -0.2) is 13.6 Å². The first-order chi connectivity index (χ1) is 7.49. The number of amides is 2. The molecule has 0 saturated heterocycles. The topological polar surface area (TPSA) is 69.6 Å². The summed E-state index contributed by atoms with van der Waals surface area (Å²) in [6.07, 6.45) is -0.715. The summed E-state index contributed by atoms with van der Waals surface area (Å²) in [6.45, 7) is -0.882. The van der Waals surface area contributed by atoms with Gasteiger partial charge in [0.05, 0.1) is 6.54 Å². The number of alkyl halides is 2. The van der Waals surface area contributed by atoms with Crippen LogP contribution in [-0.2, 0) is 4.79 Å². The van der Waals surface area contributed by atoms with Crippen LogP contribution in [0.5, 0.6) is 0 Å². The van der Waals surface area contributed by atoms with E-state index in [4.69, 9.17) is 5.11 Å². The van der Waals surface area contributed by atoms with Gasteiger partial charge < -0.3 is 15.3 Å². The highest BCUT2D eigenvalue weighted by molar-refractivity contribution is 5.80. The number of carboxylic acid groups (broad SMARTS) is 1. The molecule has 0 heterocycles. The Balaban J connectivity index is 2.39. The fourth-order valence-corrected chi connectivity index (χ4v) is 1.27. The number of carbonyl (C=O) groups excluding carboxylic acids is 1. The van der Waals surface area contributed by atoms with Gasteiger partial charge in [-0.15, -0.1) is 0 Å². The Morgan fingerprint density at radius 2 is 2.06 bits per heavy atom. The normalized spacial score (nSPS) is 14.9. The molecule has 2 N–H and O–H groups in total. The molecule has 1 aliphatic carbocycles. The first-order valence-electron chi connectivity index (χ1n) is 5.01. The average molecular weight is 236 g/mol. The highest BCUT2D eigenvalue weighted by Crippen LogP contribution is 2.29. The first kappa shape index (κ1) is 12.7. The van der Waals surface area contributed by atoms with Crippen LogP contribution >= 0.6 is 0 Å². The molecule has 0 atom stereocenters.